The number of hydrogen-bond acceptors (Lipinski definition) is 4. The molecule has 8 nitrogen and oxygen atoms in total. The average molecular weight is 741 g/mol. The van der Waals surface area contributed by atoms with Crippen LogP contribution in [0.4, 0.5) is 0 Å². The van der Waals surface area contributed by atoms with Crippen LogP contribution >= 0.6 is 0 Å². The van der Waals surface area contributed by atoms with E-state index in [1.165, 1.54) is 51.4 Å². The van der Waals surface area contributed by atoms with Crippen LogP contribution in [0.5, 0.6) is 0 Å². The normalized spacial score (nSPS) is 13.8. The van der Waals surface area contributed by atoms with E-state index in [1.54, 1.807) is 0 Å². The fraction of sp³-hybridized carbons (Fsp3) is 0.909. The topological polar surface area (TPSA) is 149 Å². The lowest BCUT2D eigenvalue weighted by molar-refractivity contribution is -0.153. The zero-order valence-electron chi connectivity index (χ0n) is 34.8. The highest BCUT2D eigenvalue weighted by molar-refractivity contribution is 5.75. The number of unbranched alkanes of at least 4 members (excludes halogenated alkanes) is 12. The van der Waals surface area contributed by atoms with Gasteiger partial charge in [0.2, 0.25) is 0 Å². The van der Waals surface area contributed by atoms with Crippen molar-refractivity contribution in [1.29, 1.82) is 0 Å². The van der Waals surface area contributed by atoms with Gasteiger partial charge in [-0.1, -0.05) is 170 Å². The zero-order valence-corrected chi connectivity index (χ0v) is 34.8. The molecule has 2 unspecified atom stereocenters. The Labute approximate surface area is 319 Å². The third-order valence-electron chi connectivity index (χ3n) is 11.5. The number of carbonyl (C=O) groups is 4. The minimum atomic E-state index is -0.833. The van der Waals surface area contributed by atoms with Crippen LogP contribution in [0.25, 0.3) is 0 Å². The van der Waals surface area contributed by atoms with Crippen LogP contribution in [-0.4, -0.2) is 44.3 Å². The van der Waals surface area contributed by atoms with Crippen molar-refractivity contribution < 1.29 is 39.6 Å². The van der Waals surface area contributed by atoms with Crippen molar-refractivity contribution in [2.75, 3.05) is 0 Å². The highest BCUT2D eigenvalue weighted by Gasteiger charge is 2.41. The van der Waals surface area contributed by atoms with Crippen LogP contribution in [-0.2, 0) is 19.2 Å². The van der Waals surface area contributed by atoms with Gasteiger partial charge in [-0.15, -0.1) is 0 Å². The van der Waals surface area contributed by atoms with Crippen molar-refractivity contribution in [3.63, 3.8) is 0 Å². The Morgan fingerprint density at radius 1 is 0.404 bits per heavy atom. The molecule has 308 valence electrons. The van der Waals surface area contributed by atoms with Gasteiger partial charge in [0, 0.05) is 12.8 Å². The lowest BCUT2D eigenvalue weighted by atomic mass is 9.68. The molecule has 0 aliphatic heterocycles. The summed E-state index contributed by atoms with van der Waals surface area (Å²) >= 11 is 0. The summed E-state index contributed by atoms with van der Waals surface area (Å²) in [6, 6.07) is 0. The summed E-state index contributed by atoms with van der Waals surface area (Å²) < 4.78 is 0. The molecule has 0 saturated heterocycles. The minimum absolute atomic E-state index is 0.0620. The molecule has 0 aromatic heterocycles. The van der Waals surface area contributed by atoms with Gasteiger partial charge in [0.1, 0.15) is 0 Å². The fourth-order valence-corrected chi connectivity index (χ4v) is 7.90. The van der Waals surface area contributed by atoms with Crippen LogP contribution in [0.2, 0.25) is 0 Å². The van der Waals surface area contributed by atoms with Gasteiger partial charge in [0.05, 0.1) is 10.8 Å². The predicted octanol–water partition coefficient (Wildman–Crippen LogP) is 13.3. The minimum Gasteiger partial charge on any atom is -0.481 e. The lowest BCUT2D eigenvalue weighted by Crippen LogP contribution is -2.36. The number of carboxylic acid groups (broad SMARTS) is 4. The maximum absolute atomic E-state index is 12.4. The van der Waals surface area contributed by atoms with Crippen molar-refractivity contribution >= 4 is 23.9 Å². The molecule has 0 rings (SSSR count). The Kier molecular flexibility index (Phi) is 33.4. The van der Waals surface area contributed by atoms with E-state index in [4.69, 9.17) is 10.2 Å². The Morgan fingerprint density at radius 3 is 1.02 bits per heavy atom. The molecule has 0 spiro atoms. The zero-order chi connectivity index (χ0) is 39.7. The van der Waals surface area contributed by atoms with E-state index < -0.39 is 34.7 Å². The first-order chi connectivity index (χ1) is 24.8. The molecule has 0 fully saturated rings. The van der Waals surface area contributed by atoms with Gasteiger partial charge in [-0.2, -0.15) is 0 Å². The maximum atomic E-state index is 12.4. The molecule has 0 aromatic rings. The van der Waals surface area contributed by atoms with Crippen LogP contribution in [0.3, 0.4) is 0 Å². The van der Waals surface area contributed by atoms with E-state index in [-0.39, 0.29) is 12.8 Å². The molecule has 4 N–H and O–H groups in total. The number of carboxylic acids is 4. The van der Waals surface area contributed by atoms with Gasteiger partial charge in [-0.05, 0) is 63.2 Å². The van der Waals surface area contributed by atoms with Crippen molar-refractivity contribution in [3.05, 3.63) is 0 Å². The van der Waals surface area contributed by atoms with Crippen LogP contribution in [0, 0.1) is 22.7 Å². The first-order valence-corrected chi connectivity index (χ1v) is 21.7. The van der Waals surface area contributed by atoms with Crippen molar-refractivity contribution in [2.45, 2.75) is 234 Å². The summed E-state index contributed by atoms with van der Waals surface area (Å²) in [4.78, 5) is 46.3. The molecule has 0 aromatic carbocycles. The summed E-state index contributed by atoms with van der Waals surface area (Å²) in [5.41, 5.74) is -1.48. The Bertz CT molecular complexity index is 867. The molecule has 0 heterocycles. The molecule has 52 heavy (non-hydrogen) atoms. The second-order valence-electron chi connectivity index (χ2n) is 15.9. The van der Waals surface area contributed by atoms with E-state index in [0.717, 1.165) is 77.0 Å². The Hall–Kier alpha value is -2.12. The molecule has 0 bridgehead atoms. The van der Waals surface area contributed by atoms with E-state index in [0.29, 0.717) is 63.2 Å². The van der Waals surface area contributed by atoms with E-state index in [1.807, 2.05) is 0 Å². The molecule has 0 amide bonds. The fourth-order valence-electron chi connectivity index (χ4n) is 7.90. The predicted molar refractivity (Wildman–Crippen MR) is 215 cm³/mol. The van der Waals surface area contributed by atoms with E-state index in [2.05, 4.69) is 41.5 Å². The number of aliphatic carboxylic acids is 4. The molecule has 2 atom stereocenters. The first kappa shape index (κ1) is 52.0. The molecular formula is C44H84O8. The van der Waals surface area contributed by atoms with Crippen LogP contribution in [0.15, 0.2) is 0 Å². The lowest BCUT2D eigenvalue weighted by Gasteiger charge is -2.36. The molecule has 0 aliphatic rings. The average Bonchev–Trinajstić information content (AvgIpc) is 3.10. The Morgan fingerprint density at radius 2 is 0.712 bits per heavy atom. The summed E-state index contributed by atoms with van der Waals surface area (Å²) in [7, 11) is 0. The monoisotopic (exact) mass is 741 g/mol. The largest absolute Gasteiger partial charge is 0.481 e. The van der Waals surface area contributed by atoms with Crippen LogP contribution in [0.1, 0.15) is 234 Å². The first-order valence-electron chi connectivity index (χ1n) is 21.7. The van der Waals surface area contributed by atoms with E-state index in [9.17, 15) is 29.4 Å². The van der Waals surface area contributed by atoms with Gasteiger partial charge in [0.25, 0.3) is 0 Å². The summed E-state index contributed by atoms with van der Waals surface area (Å²) in [5, 5.41) is 38.0. The quantitative estimate of drug-likeness (QED) is 0.0464. The van der Waals surface area contributed by atoms with Gasteiger partial charge in [-0.25, -0.2) is 0 Å². The molecule has 8 heteroatoms. The Balaban J connectivity index is 0. The highest BCUT2D eigenvalue weighted by atomic mass is 16.4. The summed E-state index contributed by atoms with van der Waals surface area (Å²) in [5.74, 6) is -2.26. The summed E-state index contributed by atoms with van der Waals surface area (Å²) in [6.07, 6.45) is 27.3. The van der Waals surface area contributed by atoms with Gasteiger partial charge in [0.15, 0.2) is 0 Å². The van der Waals surface area contributed by atoms with E-state index >= 15 is 0 Å². The maximum Gasteiger partial charge on any atom is 0.309 e. The van der Waals surface area contributed by atoms with Crippen molar-refractivity contribution in [3.8, 4) is 0 Å². The van der Waals surface area contributed by atoms with Gasteiger partial charge < -0.3 is 20.4 Å². The SMILES string of the molecule is CCCCC(CC)CC(CCCC(=O)O)(CC(CC)CCCC)C(=O)O.CCCCCCCCC(CCCCCCCC)(CCCC(=O)O)C(=O)O. The number of rotatable bonds is 36. The summed E-state index contributed by atoms with van der Waals surface area (Å²) in [6.45, 7) is 13.0. The number of hydrogen-bond donors (Lipinski definition) is 4. The van der Waals surface area contributed by atoms with Crippen molar-refractivity contribution in [2.24, 2.45) is 22.7 Å². The third kappa shape index (κ3) is 25.8. The molecular weight excluding hydrogens is 656 g/mol. The standard InChI is InChI=1S/2C22H42O4/c1-5-9-12-18(7-3)16-22(21(25)26,15-11-14-20(23)24)17-19(8-4)13-10-6-2;1-3-5-7-9-11-13-17-22(21(25)26,19-15-16-20(23)24)18-14-12-10-8-6-4-2/h18-19H,5-17H2,1-4H3,(H,23,24)(H,25,26);3-19H2,1-2H3,(H,23,24)(H,25,26). The highest BCUT2D eigenvalue weighted by Crippen LogP contribution is 2.43. The smallest absolute Gasteiger partial charge is 0.309 e. The molecule has 0 radical (unpaired) electrons. The third-order valence-corrected chi connectivity index (χ3v) is 11.5. The second kappa shape index (κ2) is 33.4. The molecule has 0 saturated carbocycles. The van der Waals surface area contributed by atoms with Crippen molar-refractivity contribution in [1.82, 2.24) is 0 Å². The van der Waals surface area contributed by atoms with Crippen LogP contribution < -0.4 is 0 Å². The second-order valence-corrected chi connectivity index (χ2v) is 15.9. The van der Waals surface area contributed by atoms with Gasteiger partial charge >= 0.3 is 23.9 Å². The van der Waals surface area contributed by atoms with Gasteiger partial charge in [-0.3, -0.25) is 19.2 Å². The molecule has 0 aliphatic carbocycles.